The van der Waals surface area contributed by atoms with Crippen LogP contribution >= 0.6 is 0 Å². The number of piperazine rings is 2. The fraction of sp³-hybridized carbons (Fsp3) is 0.542. The maximum Gasteiger partial charge on any atom is 0.227 e. The second-order valence-corrected chi connectivity index (χ2v) is 11.8. The number of carbonyl (C=O) groups excluding carboxylic acids is 1. The minimum absolute atomic E-state index is 0.0555. The molecule has 2 saturated heterocycles. The first-order chi connectivity index (χ1) is 16.2. The number of likely N-dealkylation sites (N-methyl/N-ethyl adjacent to an activating group) is 1. The molecule has 0 N–H and O–H groups in total. The van der Waals surface area contributed by atoms with Gasteiger partial charge in [-0.05, 0) is 38.6 Å². The Morgan fingerprint density at radius 3 is 1.94 bits per heavy atom. The van der Waals surface area contributed by atoms with Crippen molar-refractivity contribution in [3.05, 3.63) is 42.2 Å². The predicted molar refractivity (Wildman–Crippen MR) is 133 cm³/mol. The molecule has 2 aliphatic heterocycles. The van der Waals surface area contributed by atoms with Gasteiger partial charge in [-0.25, -0.2) is 18.4 Å². The number of sulfone groups is 1. The van der Waals surface area contributed by atoms with E-state index < -0.39 is 15.1 Å². The summed E-state index contributed by atoms with van der Waals surface area (Å²) in [5.41, 5.74) is 0.822. The highest BCUT2D eigenvalue weighted by molar-refractivity contribution is 7.92. The zero-order chi connectivity index (χ0) is 24.3. The zero-order valence-corrected chi connectivity index (χ0v) is 21.0. The summed E-state index contributed by atoms with van der Waals surface area (Å²) in [5.74, 6) is 1.91. The number of amides is 1. The monoisotopic (exact) mass is 486 g/mol. The van der Waals surface area contributed by atoms with Crippen LogP contribution in [0.25, 0.3) is 0 Å². The van der Waals surface area contributed by atoms with E-state index >= 15 is 0 Å². The van der Waals surface area contributed by atoms with E-state index in [-0.39, 0.29) is 12.3 Å². The molecule has 2 aliphatic rings. The number of hydrogen-bond donors (Lipinski definition) is 0. The minimum Gasteiger partial charge on any atom is -0.354 e. The fourth-order valence-electron chi connectivity index (χ4n) is 4.26. The lowest BCUT2D eigenvalue weighted by molar-refractivity contribution is -0.130. The average molecular weight is 487 g/mol. The van der Waals surface area contributed by atoms with Crippen LogP contribution in [0.15, 0.2) is 41.6 Å². The quantitative estimate of drug-likeness (QED) is 0.604. The summed E-state index contributed by atoms with van der Waals surface area (Å²) in [4.78, 5) is 30.8. The van der Waals surface area contributed by atoms with Crippen LogP contribution in [-0.2, 0) is 21.1 Å². The summed E-state index contributed by atoms with van der Waals surface area (Å²) in [5, 5.41) is -0.469. The van der Waals surface area contributed by atoms with Gasteiger partial charge in [-0.1, -0.05) is 12.1 Å². The summed E-state index contributed by atoms with van der Waals surface area (Å²) < 4.78 is 24.6. The molecule has 0 atom stereocenters. The molecule has 4 rings (SSSR count). The van der Waals surface area contributed by atoms with Crippen molar-refractivity contribution in [3.8, 4) is 0 Å². The third kappa shape index (κ3) is 5.50. The Bertz CT molecular complexity index is 1090. The van der Waals surface area contributed by atoms with E-state index in [1.807, 2.05) is 4.90 Å². The van der Waals surface area contributed by atoms with Crippen molar-refractivity contribution >= 4 is 27.4 Å². The Morgan fingerprint density at radius 1 is 0.882 bits per heavy atom. The second kappa shape index (κ2) is 10.3. The number of hydrogen-bond acceptors (Lipinski definition) is 8. The molecule has 3 heterocycles. The summed E-state index contributed by atoms with van der Waals surface area (Å²) >= 11 is 0. The van der Waals surface area contributed by atoms with Crippen LogP contribution in [0.1, 0.15) is 19.4 Å². The Balaban J connectivity index is 1.32. The van der Waals surface area contributed by atoms with Crippen LogP contribution in [0.2, 0.25) is 0 Å². The molecule has 0 aliphatic carbocycles. The van der Waals surface area contributed by atoms with Crippen LogP contribution in [0.5, 0.6) is 0 Å². The van der Waals surface area contributed by atoms with Crippen LogP contribution < -0.4 is 9.80 Å². The Labute approximate surface area is 202 Å². The van der Waals surface area contributed by atoms with Crippen LogP contribution in [0.3, 0.4) is 0 Å². The van der Waals surface area contributed by atoms with Gasteiger partial charge in [0.1, 0.15) is 18.0 Å². The minimum atomic E-state index is -3.30. The maximum atomic E-state index is 12.8. The highest BCUT2D eigenvalue weighted by Crippen LogP contribution is 2.21. The molecule has 1 amide bonds. The van der Waals surface area contributed by atoms with Crippen molar-refractivity contribution in [2.75, 3.05) is 69.2 Å². The van der Waals surface area contributed by atoms with Gasteiger partial charge >= 0.3 is 0 Å². The highest BCUT2D eigenvalue weighted by atomic mass is 32.2. The maximum absolute atomic E-state index is 12.8. The average Bonchev–Trinajstić information content (AvgIpc) is 2.85. The predicted octanol–water partition coefficient (Wildman–Crippen LogP) is 1.30. The molecule has 0 radical (unpaired) electrons. The molecule has 2 fully saturated rings. The van der Waals surface area contributed by atoms with Gasteiger partial charge in [-0.2, -0.15) is 0 Å². The Kier molecular flexibility index (Phi) is 7.37. The number of anilines is 2. The highest BCUT2D eigenvalue weighted by Gasteiger charge is 2.24. The molecular weight excluding hydrogens is 452 g/mol. The van der Waals surface area contributed by atoms with E-state index in [1.165, 1.54) is 0 Å². The van der Waals surface area contributed by atoms with E-state index in [0.717, 1.165) is 56.5 Å². The van der Waals surface area contributed by atoms with Crippen molar-refractivity contribution in [1.82, 2.24) is 19.8 Å². The topological polar surface area (TPSA) is 90.0 Å². The van der Waals surface area contributed by atoms with Crippen LogP contribution in [0, 0.1) is 0 Å². The van der Waals surface area contributed by atoms with Gasteiger partial charge in [0.15, 0.2) is 9.84 Å². The summed E-state index contributed by atoms with van der Waals surface area (Å²) in [6.07, 6.45) is 1.90. The van der Waals surface area contributed by atoms with Crippen molar-refractivity contribution in [2.24, 2.45) is 0 Å². The molecule has 0 unspecified atom stereocenters. The molecule has 1 aromatic heterocycles. The van der Waals surface area contributed by atoms with Gasteiger partial charge in [-0.3, -0.25) is 4.79 Å². The first-order valence-electron chi connectivity index (χ1n) is 11.8. The molecular formula is C24H34N6O3S. The zero-order valence-electron chi connectivity index (χ0n) is 20.2. The van der Waals surface area contributed by atoms with E-state index in [2.05, 4.69) is 37.8 Å². The largest absolute Gasteiger partial charge is 0.354 e. The molecule has 34 heavy (non-hydrogen) atoms. The number of aromatic nitrogens is 2. The lowest BCUT2D eigenvalue weighted by Gasteiger charge is -2.36. The number of nitrogens with zero attached hydrogens (tertiary/aromatic N) is 6. The Morgan fingerprint density at radius 2 is 1.41 bits per heavy atom. The van der Waals surface area contributed by atoms with E-state index in [0.29, 0.717) is 18.0 Å². The lowest BCUT2D eigenvalue weighted by atomic mass is 10.1. The first kappa shape index (κ1) is 24.4. The number of benzene rings is 1. The lowest BCUT2D eigenvalue weighted by Crippen LogP contribution is -2.49. The van der Waals surface area contributed by atoms with Crippen molar-refractivity contribution in [1.29, 1.82) is 0 Å². The standard InChI is InChI=1S/C24H34N6O3S/c1-19(2)34(32,33)21-6-4-20(5-7-21)16-24(31)30-14-12-29(13-15-30)23-17-22(25-18-26-23)28-10-8-27(3)9-11-28/h4-7,17-19H,8-16H2,1-3H3. The second-order valence-electron chi connectivity index (χ2n) is 9.31. The number of carbonyl (C=O) groups is 1. The van der Waals surface area contributed by atoms with Gasteiger partial charge in [0.05, 0.1) is 16.6 Å². The van der Waals surface area contributed by atoms with Crippen molar-refractivity contribution < 1.29 is 13.2 Å². The smallest absolute Gasteiger partial charge is 0.227 e. The van der Waals surface area contributed by atoms with E-state index in [9.17, 15) is 13.2 Å². The summed E-state index contributed by atoms with van der Waals surface area (Å²) in [6.45, 7) is 10.0. The van der Waals surface area contributed by atoms with E-state index in [1.54, 1.807) is 44.4 Å². The van der Waals surface area contributed by atoms with Gasteiger partial charge in [0, 0.05) is 58.4 Å². The van der Waals surface area contributed by atoms with Gasteiger partial charge < -0.3 is 19.6 Å². The molecule has 1 aromatic carbocycles. The van der Waals surface area contributed by atoms with Gasteiger partial charge in [-0.15, -0.1) is 0 Å². The SMILES string of the molecule is CC(C)S(=O)(=O)c1ccc(CC(=O)N2CCN(c3cc(N4CCN(C)CC4)ncn3)CC2)cc1. The third-order valence-electron chi connectivity index (χ3n) is 6.65. The summed E-state index contributed by atoms with van der Waals surface area (Å²) in [6, 6.07) is 8.73. The molecule has 0 spiro atoms. The fourth-order valence-corrected chi connectivity index (χ4v) is 5.32. The van der Waals surface area contributed by atoms with Crippen molar-refractivity contribution in [3.63, 3.8) is 0 Å². The third-order valence-corrected chi connectivity index (χ3v) is 8.82. The van der Waals surface area contributed by atoms with Gasteiger partial charge in [0.25, 0.3) is 0 Å². The first-order valence-corrected chi connectivity index (χ1v) is 13.4. The van der Waals surface area contributed by atoms with E-state index in [4.69, 9.17) is 0 Å². The normalized spacial score (nSPS) is 17.9. The molecule has 184 valence electrons. The Hall–Kier alpha value is -2.72. The molecule has 9 nitrogen and oxygen atoms in total. The number of rotatable bonds is 6. The van der Waals surface area contributed by atoms with Crippen molar-refractivity contribution in [2.45, 2.75) is 30.4 Å². The van der Waals surface area contributed by atoms with Crippen LogP contribution in [0.4, 0.5) is 11.6 Å². The van der Waals surface area contributed by atoms with Gasteiger partial charge in [0.2, 0.25) is 5.91 Å². The molecule has 0 bridgehead atoms. The van der Waals surface area contributed by atoms with Crippen LogP contribution in [-0.4, -0.2) is 98.7 Å². The molecule has 2 aromatic rings. The molecule has 0 saturated carbocycles. The molecule has 10 heteroatoms. The summed E-state index contributed by atoms with van der Waals surface area (Å²) in [7, 11) is -1.17.